The topological polar surface area (TPSA) is 31.9 Å². The van der Waals surface area contributed by atoms with Crippen LogP contribution < -0.4 is 4.90 Å². The molecule has 220 valence electrons. The van der Waals surface area contributed by atoms with Crippen molar-refractivity contribution in [2.45, 2.75) is 0 Å². The van der Waals surface area contributed by atoms with Gasteiger partial charge in [-0.25, -0.2) is 13.8 Å². The van der Waals surface area contributed by atoms with Crippen molar-refractivity contribution >= 4 is 39.0 Å². The zero-order valence-corrected chi connectivity index (χ0v) is 24.7. The predicted molar refractivity (Wildman–Crippen MR) is 185 cm³/mol. The first kappa shape index (κ1) is 27.5. The molecule has 0 bridgehead atoms. The monoisotopic (exact) mass is 599 g/mol. The molecule has 0 fully saturated rings. The van der Waals surface area contributed by atoms with Gasteiger partial charge in [0.05, 0.1) is 16.9 Å². The number of H-pyrrole nitrogens is 1. The highest BCUT2D eigenvalue weighted by molar-refractivity contribution is 6.12. The second kappa shape index (κ2) is 11.5. The van der Waals surface area contributed by atoms with Crippen molar-refractivity contribution in [3.8, 4) is 33.5 Å². The van der Waals surface area contributed by atoms with E-state index in [9.17, 15) is 4.39 Å². The van der Waals surface area contributed by atoms with Crippen molar-refractivity contribution in [2.75, 3.05) is 4.90 Å². The first-order chi connectivity index (χ1) is 22.6. The minimum Gasteiger partial charge on any atom is -0.353 e. The Balaban J connectivity index is 1.33. The van der Waals surface area contributed by atoms with Crippen LogP contribution in [0.4, 0.5) is 26.0 Å². The molecule has 0 amide bonds. The lowest BCUT2D eigenvalue weighted by molar-refractivity contribution is 0.628. The first-order valence-electron chi connectivity index (χ1n) is 15.1. The maximum absolute atomic E-state index is 15.4. The Labute approximate surface area is 265 Å². The Hall–Kier alpha value is -6.07. The number of hydrogen-bond acceptors (Lipinski definition) is 2. The zero-order valence-electron chi connectivity index (χ0n) is 24.7. The molecule has 3 nitrogen and oxygen atoms in total. The van der Waals surface area contributed by atoms with Gasteiger partial charge in [-0.3, -0.25) is 4.90 Å². The van der Waals surface area contributed by atoms with E-state index in [1.54, 1.807) is 6.07 Å². The van der Waals surface area contributed by atoms with Crippen LogP contribution in [0.5, 0.6) is 0 Å². The summed E-state index contributed by atoms with van der Waals surface area (Å²) in [7, 11) is 0. The van der Waals surface area contributed by atoms with Crippen LogP contribution in [0.1, 0.15) is 0 Å². The maximum Gasteiger partial charge on any atom is 0.138 e. The Morgan fingerprint density at radius 1 is 0.478 bits per heavy atom. The second-order valence-electron chi connectivity index (χ2n) is 11.2. The number of aromatic amines is 1. The molecule has 46 heavy (non-hydrogen) atoms. The number of fused-ring (bicyclic) bond motifs is 3. The van der Waals surface area contributed by atoms with Crippen LogP contribution in [0, 0.1) is 11.6 Å². The fourth-order valence-electron chi connectivity index (χ4n) is 6.15. The third-order valence-electron chi connectivity index (χ3n) is 8.28. The zero-order chi connectivity index (χ0) is 31.0. The number of halogens is 2. The molecule has 0 atom stereocenters. The van der Waals surface area contributed by atoms with Gasteiger partial charge in [0.25, 0.3) is 0 Å². The summed E-state index contributed by atoms with van der Waals surface area (Å²) in [6.45, 7) is 0. The number of anilines is 3. The molecule has 0 radical (unpaired) electrons. The molecule has 0 spiro atoms. The number of nitrogens with zero attached hydrogens (tertiary/aromatic N) is 2. The molecule has 0 aliphatic heterocycles. The van der Waals surface area contributed by atoms with Crippen molar-refractivity contribution in [1.29, 1.82) is 0 Å². The van der Waals surface area contributed by atoms with E-state index in [1.807, 2.05) is 89.8 Å². The van der Waals surface area contributed by atoms with E-state index in [2.05, 4.69) is 47.4 Å². The molecular weight excluding hydrogens is 572 g/mol. The standard InChI is InChI=1S/C41H27F2N3/c42-32-19-20-38-35(24-32)36-25-33(43)26-39(41(36)45-38)46(34-15-8-3-9-16-34)40-18-10-17-37(44-40)31-22-29(27-11-4-1-5-12-27)21-30(23-31)28-13-6-2-7-14-28/h1-26,45H. The van der Waals surface area contributed by atoms with Gasteiger partial charge in [0, 0.05) is 33.6 Å². The molecule has 8 rings (SSSR count). The van der Waals surface area contributed by atoms with Gasteiger partial charge in [-0.1, -0.05) is 84.9 Å². The van der Waals surface area contributed by atoms with Crippen LogP contribution in [0.15, 0.2) is 158 Å². The Bertz CT molecular complexity index is 2270. The average molecular weight is 600 g/mol. The SMILES string of the molecule is Fc1ccc2[nH]c3c(N(c4ccccc4)c4cccc(-c5cc(-c6ccccc6)cc(-c6ccccc6)c5)n4)cc(F)cc3c2c1. The maximum atomic E-state index is 15.4. The second-order valence-corrected chi connectivity index (χ2v) is 11.2. The number of pyridine rings is 1. The molecule has 1 N–H and O–H groups in total. The minimum absolute atomic E-state index is 0.374. The number of benzene rings is 6. The van der Waals surface area contributed by atoms with E-state index < -0.39 is 5.82 Å². The minimum atomic E-state index is -0.423. The van der Waals surface area contributed by atoms with Gasteiger partial charge >= 0.3 is 0 Å². The average Bonchev–Trinajstić information content (AvgIpc) is 3.47. The molecule has 5 heteroatoms. The van der Waals surface area contributed by atoms with E-state index in [1.165, 1.54) is 24.3 Å². The molecule has 8 aromatic rings. The summed E-state index contributed by atoms with van der Waals surface area (Å²) in [4.78, 5) is 10.6. The molecule has 0 aliphatic rings. The molecule has 0 unspecified atom stereocenters. The lowest BCUT2D eigenvalue weighted by Gasteiger charge is -2.25. The molecular formula is C41H27F2N3. The van der Waals surface area contributed by atoms with Crippen molar-refractivity contribution in [2.24, 2.45) is 0 Å². The largest absolute Gasteiger partial charge is 0.353 e. The Kier molecular flexibility index (Phi) is 6.84. The van der Waals surface area contributed by atoms with Gasteiger partial charge in [-0.05, 0) is 89.0 Å². The fraction of sp³-hybridized carbons (Fsp3) is 0. The molecule has 2 heterocycles. The summed E-state index contributed by atoms with van der Waals surface area (Å²) in [5.74, 6) is -0.180. The quantitative estimate of drug-likeness (QED) is 0.206. The number of nitrogens with one attached hydrogen (secondary N) is 1. The molecule has 0 saturated carbocycles. The molecule has 6 aromatic carbocycles. The van der Waals surface area contributed by atoms with E-state index in [0.29, 0.717) is 27.8 Å². The summed E-state index contributed by atoms with van der Waals surface area (Å²) in [5.41, 5.74) is 8.93. The van der Waals surface area contributed by atoms with E-state index in [-0.39, 0.29) is 5.82 Å². The third kappa shape index (κ3) is 5.08. The van der Waals surface area contributed by atoms with Crippen molar-refractivity contribution in [1.82, 2.24) is 9.97 Å². The Morgan fingerprint density at radius 2 is 1.09 bits per heavy atom. The summed E-state index contributed by atoms with van der Waals surface area (Å²) >= 11 is 0. The lowest BCUT2D eigenvalue weighted by atomic mass is 9.95. The number of para-hydroxylation sites is 1. The number of aromatic nitrogens is 2. The fourth-order valence-corrected chi connectivity index (χ4v) is 6.15. The summed E-state index contributed by atoms with van der Waals surface area (Å²) in [6, 6.07) is 50.3. The lowest BCUT2D eigenvalue weighted by Crippen LogP contribution is -2.12. The highest BCUT2D eigenvalue weighted by atomic mass is 19.1. The van der Waals surface area contributed by atoms with Crippen LogP contribution in [0.3, 0.4) is 0 Å². The Morgan fingerprint density at radius 3 is 1.76 bits per heavy atom. The van der Waals surface area contributed by atoms with Gasteiger partial charge in [0.1, 0.15) is 17.5 Å². The van der Waals surface area contributed by atoms with Gasteiger partial charge < -0.3 is 4.98 Å². The predicted octanol–water partition coefficient (Wildman–Crippen LogP) is 11.5. The van der Waals surface area contributed by atoms with E-state index >= 15 is 4.39 Å². The highest BCUT2D eigenvalue weighted by Crippen LogP contribution is 2.41. The van der Waals surface area contributed by atoms with Crippen molar-refractivity contribution in [3.63, 3.8) is 0 Å². The van der Waals surface area contributed by atoms with Crippen molar-refractivity contribution in [3.05, 3.63) is 169 Å². The van der Waals surface area contributed by atoms with Gasteiger partial charge in [-0.2, -0.15) is 0 Å². The normalized spacial score (nSPS) is 11.3. The van der Waals surface area contributed by atoms with Crippen molar-refractivity contribution < 1.29 is 8.78 Å². The molecule has 0 saturated heterocycles. The molecule has 0 aliphatic carbocycles. The van der Waals surface area contributed by atoms with Crippen LogP contribution in [0.25, 0.3) is 55.3 Å². The highest BCUT2D eigenvalue weighted by Gasteiger charge is 2.21. The third-order valence-corrected chi connectivity index (χ3v) is 8.28. The van der Waals surface area contributed by atoms with Crippen LogP contribution in [-0.2, 0) is 0 Å². The van der Waals surface area contributed by atoms with E-state index in [4.69, 9.17) is 4.98 Å². The van der Waals surface area contributed by atoms with E-state index in [0.717, 1.165) is 44.7 Å². The van der Waals surface area contributed by atoms with Gasteiger partial charge in [0.2, 0.25) is 0 Å². The van der Waals surface area contributed by atoms with Crippen LogP contribution >= 0.6 is 0 Å². The van der Waals surface area contributed by atoms with Gasteiger partial charge in [-0.15, -0.1) is 0 Å². The van der Waals surface area contributed by atoms with Crippen LogP contribution in [0.2, 0.25) is 0 Å². The molecule has 2 aromatic heterocycles. The summed E-state index contributed by atoms with van der Waals surface area (Å²) in [5, 5.41) is 1.22. The summed E-state index contributed by atoms with van der Waals surface area (Å²) < 4.78 is 29.7. The van der Waals surface area contributed by atoms with Gasteiger partial charge in [0.15, 0.2) is 0 Å². The first-order valence-corrected chi connectivity index (χ1v) is 15.1. The number of hydrogen-bond donors (Lipinski definition) is 1. The number of rotatable bonds is 6. The van der Waals surface area contributed by atoms with Crippen LogP contribution in [-0.4, -0.2) is 9.97 Å². The summed E-state index contributed by atoms with van der Waals surface area (Å²) in [6.07, 6.45) is 0. The smallest absolute Gasteiger partial charge is 0.138 e.